The fourth-order valence-electron chi connectivity index (χ4n) is 2.78. The van der Waals surface area contributed by atoms with Gasteiger partial charge in [0.05, 0.1) is 13.2 Å². The van der Waals surface area contributed by atoms with Crippen molar-refractivity contribution in [3.63, 3.8) is 0 Å². The summed E-state index contributed by atoms with van der Waals surface area (Å²) in [5.74, 6) is 1.46. The predicted molar refractivity (Wildman–Crippen MR) is 79.7 cm³/mol. The van der Waals surface area contributed by atoms with Crippen LogP contribution in [0.5, 0.6) is 0 Å². The Labute approximate surface area is 119 Å². The molecule has 0 amide bonds. The normalized spacial score (nSPS) is 21.2. The van der Waals surface area contributed by atoms with Gasteiger partial charge in [0.15, 0.2) is 0 Å². The maximum absolute atomic E-state index is 8.95. The summed E-state index contributed by atoms with van der Waals surface area (Å²) in [6.07, 6.45) is 4.08. The van der Waals surface area contributed by atoms with Crippen LogP contribution in [0.3, 0.4) is 0 Å². The average Bonchev–Trinajstić information content (AvgIpc) is 3.28. The minimum absolute atomic E-state index is 0.0211. The van der Waals surface area contributed by atoms with E-state index in [1.165, 1.54) is 17.2 Å². The number of ether oxygens (including phenoxy) is 1. The van der Waals surface area contributed by atoms with Gasteiger partial charge in [-0.25, -0.2) is 0 Å². The summed E-state index contributed by atoms with van der Waals surface area (Å²) in [6, 6.07) is 8.63. The largest absolute Gasteiger partial charge is 0.480 e. The third kappa shape index (κ3) is 2.90. The maximum atomic E-state index is 8.95. The lowest BCUT2D eigenvalue weighted by Crippen LogP contribution is -2.36. The second-order valence-corrected chi connectivity index (χ2v) is 5.58. The van der Waals surface area contributed by atoms with Crippen molar-refractivity contribution in [2.75, 3.05) is 31.2 Å². The fraction of sp³-hybridized carbons (Fsp3) is 0.467. The first kappa shape index (κ1) is 13.7. The lowest BCUT2D eigenvalue weighted by Gasteiger charge is -2.29. The molecule has 2 aliphatic rings. The first-order valence-electron chi connectivity index (χ1n) is 7.18. The van der Waals surface area contributed by atoms with Crippen LogP contribution >= 0.6 is 0 Å². The molecule has 1 saturated carbocycles. The van der Waals surface area contributed by atoms with E-state index in [1.807, 2.05) is 6.08 Å². The van der Waals surface area contributed by atoms with Crippen molar-refractivity contribution in [1.82, 2.24) is 0 Å². The summed E-state index contributed by atoms with van der Waals surface area (Å²) < 4.78 is 5.37. The van der Waals surface area contributed by atoms with Crippen LogP contribution < -0.4 is 4.90 Å². The van der Waals surface area contributed by atoms with Gasteiger partial charge < -0.3 is 19.7 Å². The lowest BCUT2D eigenvalue weighted by molar-refractivity contribution is 0.122. The van der Waals surface area contributed by atoms with Crippen LogP contribution in [0.2, 0.25) is 0 Å². The molecular weight excluding hydrogens is 253 g/mol. The molecule has 1 saturated heterocycles. The van der Waals surface area contributed by atoms with E-state index in [0.717, 1.165) is 39.1 Å². The molecule has 0 unspecified atom stereocenters. The highest BCUT2D eigenvalue weighted by Gasteiger charge is 2.41. The molecule has 1 aromatic carbocycles. The van der Waals surface area contributed by atoms with Gasteiger partial charge in [-0.1, -0.05) is 24.2 Å². The Morgan fingerprint density at radius 3 is 2.30 bits per heavy atom. The van der Waals surface area contributed by atoms with E-state index in [9.17, 15) is 0 Å². The van der Waals surface area contributed by atoms with Crippen molar-refractivity contribution in [2.24, 2.45) is 0 Å². The number of morpholine rings is 1. The predicted octanol–water partition coefficient (Wildman–Crippen LogP) is 1.12. The average molecular weight is 273 g/mol. The highest BCUT2D eigenvalue weighted by Crippen LogP contribution is 2.49. The van der Waals surface area contributed by atoms with Crippen molar-refractivity contribution in [3.05, 3.63) is 41.9 Å². The number of benzene rings is 1. The van der Waals surface area contributed by atoms with Crippen molar-refractivity contribution in [2.45, 2.75) is 18.3 Å². The van der Waals surface area contributed by atoms with Crippen LogP contribution in [0.4, 0.5) is 5.69 Å². The highest BCUT2D eigenvalue weighted by molar-refractivity contribution is 6.47. The van der Waals surface area contributed by atoms with Crippen molar-refractivity contribution in [3.8, 4) is 0 Å². The standard InChI is InChI=1S/C15H20BNO3/c18-16(19)8-7-15(5-6-15)13-1-3-14(4-2-13)17-9-11-20-12-10-17/h1-4,7-8,18-19H,5-6,9-12H2. The van der Waals surface area contributed by atoms with Crippen LogP contribution in [0.15, 0.2) is 36.3 Å². The SMILES string of the molecule is OB(O)C=CC1(c2ccc(N3CCOCC3)cc2)CC1. The molecule has 0 spiro atoms. The van der Waals surface area contributed by atoms with Gasteiger partial charge in [0, 0.05) is 24.2 Å². The molecule has 0 aromatic heterocycles. The van der Waals surface area contributed by atoms with Crippen molar-refractivity contribution >= 4 is 12.8 Å². The van der Waals surface area contributed by atoms with Gasteiger partial charge >= 0.3 is 7.12 Å². The molecule has 2 N–H and O–H groups in total. The Morgan fingerprint density at radius 1 is 1.10 bits per heavy atom. The molecule has 20 heavy (non-hydrogen) atoms. The molecule has 2 fully saturated rings. The van der Waals surface area contributed by atoms with Crippen molar-refractivity contribution < 1.29 is 14.8 Å². The van der Waals surface area contributed by atoms with Crippen LogP contribution in [0.1, 0.15) is 18.4 Å². The molecule has 0 radical (unpaired) electrons. The van der Waals surface area contributed by atoms with Gasteiger partial charge in [-0.15, -0.1) is 0 Å². The van der Waals surface area contributed by atoms with E-state index in [4.69, 9.17) is 14.8 Å². The molecule has 1 aromatic rings. The van der Waals surface area contributed by atoms with E-state index in [-0.39, 0.29) is 5.41 Å². The van der Waals surface area contributed by atoms with E-state index >= 15 is 0 Å². The first-order valence-corrected chi connectivity index (χ1v) is 7.18. The Morgan fingerprint density at radius 2 is 1.75 bits per heavy atom. The second kappa shape index (κ2) is 5.60. The van der Waals surface area contributed by atoms with E-state index < -0.39 is 7.12 Å². The summed E-state index contributed by atoms with van der Waals surface area (Å²) in [4.78, 5) is 2.33. The van der Waals surface area contributed by atoms with Crippen LogP contribution in [0.25, 0.3) is 0 Å². The summed E-state index contributed by atoms with van der Waals surface area (Å²) >= 11 is 0. The number of hydrogen-bond donors (Lipinski definition) is 2. The Kier molecular flexibility index (Phi) is 3.83. The molecular formula is C15H20BNO3. The third-order valence-corrected chi connectivity index (χ3v) is 4.19. The van der Waals surface area contributed by atoms with Crippen LogP contribution in [-0.2, 0) is 10.2 Å². The van der Waals surface area contributed by atoms with Gasteiger partial charge in [0.2, 0.25) is 0 Å². The van der Waals surface area contributed by atoms with Gasteiger partial charge in [-0.2, -0.15) is 0 Å². The molecule has 1 aliphatic carbocycles. The van der Waals surface area contributed by atoms with Crippen molar-refractivity contribution in [1.29, 1.82) is 0 Å². The molecule has 4 nitrogen and oxygen atoms in total. The molecule has 5 heteroatoms. The van der Waals surface area contributed by atoms with Crippen LogP contribution in [0, 0.1) is 0 Å². The molecule has 1 heterocycles. The number of rotatable bonds is 4. The van der Waals surface area contributed by atoms with E-state index in [0.29, 0.717) is 0 Å². The minimum atomic E-state index is -1.36. The summed E-state index contributed by atoms with van der Waals surface area (Å²) in [6.45, 7) is 3.48. The fourth-order valence-corrected chi connectivity index (χ4v) is 2.78. The van der Waals surface area contributed by atoms with Crippen LogP contribution in [-0.4, -0.2) is 43.5 Å². The number of hydrogen-bond acceptors (Lipinski definition) is 4. The minimum Gasteiger partial charge on any atom is -0.424 e. The topological polar surface area (TPSA) is 52.9 Å². The lowest BCUT2D eigenvalue weighted by atomic mass is 9.86. The van der Waals surface area contributed by atoms with Gasteiger partial charge in [0.1, 0.15) is 0 Å². The smallest absolute Gasteiger partial charge is 0.424 e. The van der Waals surface area contributed by atoms with Gasteiger partial charge in [0.25, 0.3) is 0 Å². The molecule has 3 rings (SSSR count). The van der Waals surface area contributed by atoms with E-state index in [2.05, 4.69) is 29.2 Å². The van der Waals surface area contributed by atoms with E-state index in [1.54, 1.807) is 0 Å². The Balaban J connectivity index is 1.73. The number of allylic oxidation sites excluding steroid dienone is 1. The number of nitrogens with zero attached hydrogens (tertiary/aromatic N) is 1. The maximum Gasteiger partial charge on any atom is 0.480 e. The number of anilines is 1. The Bertz CT molecular complexity index is 476. The zero-order valence-electron chi connectivity index (χ0n) is 11.5. The summed E-state index contributed by atoms with van der Waals surface area (Å²) in [5.41, 5.74) is 2.51. The quantitative estimate of drug-likeness (QED) is 0.807. The highest BCUT2D eigenvalue weighted by atomic mass is 16.5. The van der Waals surface area contributed by atoms with Gasteiger partial charge in [-0.05, 0) is 30.5 Å². The Hall–Kier alpha value is -1.30. The second-order valence-electron chi connectivity index (χ2n) is 5.58. The monoisotopic (exact) mass is 273 g/mol. The summed E-state index contributed by atoms with van der Waals surface area (Å²) in [7, 11) is -1.36. The third-order valence-electron chi connectivity index (χ3n) is 4.19. The molecule has 106 valence electrons. The zero-order chi connectivity index (χ0) is 14.0. The molecule has 0 atom stereocenters. The summed E-state index contributed by atoms with van der Waals surface area (Å²) in [5, 5.41) is 17.9. The molecule has 1 aliphatic heterocycles. The zero-order valence-corrected chi connectivity index (χ0v) is 11.5. The first-order chi connectivity index (χ1) is 9.70. The molecule has 0 bridgehead atoms. The van der Waals surface area contributed by atoms with Gasteiger partial charge in [-0.3, -0.25) is 0 Å².